The summed E-state index contributed by atoms with van der Waals surface area (Å²) in [7, 11) is 0. The molecule has 0 amide bonds. The Morgan fingerprint density at radius 1 is 1.55 bits per heavy atom. The van der Waals surface area contributed by atoms with Crippen molar-refractivity contribution in [3.8, 4) is 0 Å². The summed E-state index contributed by atoms with van der Waals surface area (Å²) in [6.45, 7) is -0.638. The molecular formula is C10H11F4N3O3. The summed E-state index contributed by atoms with van der Waals surface area (Å²) in [6.07, 6.45) is -8.72. The fourth-order valence-electron chi connectivity index (χ4n) is 1.93. The molecule has 2 heterocycles. The van der Waals surface area contributed by atoms with Crippen LogP contribution in [0.15, 0.2) is 11.0 Å². The third-order valence-corrected chi connectivity index (χ3v) is 2.94. The Balaban J connectivity index is 2.41. The Morgan fingerprint density at radius 2 is 2.20 bits per heavy atom. The van der Waals surface area contributed by atoms with Crippen LogP contribution in [0.25, 0.3) is 0 Å². The van der Waals surface area contributed by atoms with Crippen molar-refractivity contribution >= 4 is 5.82 Å². The van der Waals surface area contributed by atoms with Crippen molar-refractivity contribution in [3.63, 3.8) is 0 Å². The molecule has 1 saturated heterocycles. The molecule has 1 fully saturated rings. The molecule has 0 aliphatic carbocycles. The lowest BCUT2D eigenvalue weighted by molar-refractivity contribution is -0.138. The van der Waals surface area contributed by atoms with Crippen LogP contribution < -0.4 is 11.4 Å². The van der Waals surface area contributed by atoms with Crippen LogP contribution in [0.4, 0.5) is 23.4 Å². The molecule has 6 nitrogen and oxygen atoms in total. The number of hydrogen-bond acceptors (Lipinski definition) is 5. The number of anilines is 1. The Hall–Kier alpha value is -1.68. The lowest BCUT2D eigenvalue weighted by atomic mass is 10.2. The summed E-state index contributed by atoms with van der Waals surface area (Å²) >= 11 is 0. The summed E-state index contributed by atoms with van der Waals surface area (Å²) in [6, 6.07) is 0. The minimum Gasteiger partial charge on any atom is -0.394 e. The molecule has 10 heteroatoms. The highest BCUT2D eigenvalue weighted by atomic mass is 19.4. The van der Waals surface area contributed by atoms with Gasteiger partial charge in [0.2, 0.25) is 0 Å². The molecule has 0 spiro atoms. The van der Waals surface area contributed by atoms with E-state index in [-0.39, 0.29) is 6.42 Å². The van der Waals surface area contributed by atoms with E-state index in [0.717, 1.165) is 0 Å². The van der Waals surface area contributed by atoms with Crippen LogP contribution in [0, 0.1) is 0 Å². The van der Waals surface area contributed by atoms with Crippen LogP contribution in [0.5, 0.6) is 0 Å². The SMILES string of the molecule is Nc1nc(=O)n([C@@H]2C[C@@H](F)[C@H](CO)O2)cc1C(F)(F)F. The number of alkyl halides is 4. The third kappa shape index (κ3) is 2.61. The second-order valence-electron chi connectivity index (χ2n) is 4.29. The zero-order valence-electron chi connectivity index (χ0n) is 9.97. The number of nitrogen functional groups attached to an aromatic ring is 1. The second-order valence-corrected chi connectivity index (χ2v) is 4.29. The number of aliphatic hydroxyl groups is 1. The summed E-state index contributed by atoms with van der Waals surface area (Å²) in [4.78, 5) is 14.6. The highest BCUT2D eigenvalue weighted by molar-refractivity contribution is 5.39. The van der Waals surface area contributed by atoms with Gasteiger partial charge in [0.05, 0.1) is 6.61 Å². The van der Waals surface area contributed by atoms with Gasteiger partial charge >= 0.3 is 11.9 Å². The Morgan fingerprint density at radius 3 is 2.70 bits per heavy atom. The van der Waals surface area contributed by atoms with Crippen LogP contribution in [0.3, 0.4) is 0 Å². The molecule has 1 aliphatic rings. The van der Waals surface area contributed by atoms with Gasteiger partial charge in [0.15, 0.2) is 0 Å². The average molecular weight is 297 g/mol. The first kappa shape index (κ1) is 14.7. The first-order chi connectivity index (χ1) is 9.24. The maximum atomic E-state index is 13.4. The molecule has 3 atom stereocenters. The average Bonchev–Trinajstić information content (AvgIpc) is 2.68. The summed E-state index contributed by atoms with van der Waals surface area (Å²) in [5, 5.41) is 8.83. The lowest BCUT2D eigenvalue weighted by Gasteiger charge is -2.17. The highest BCUT2D eigenvalue weighted by Crippen LogP contribution is 2.34. The number of ether oxygens (including phenoxy) is 1. The van der Waals surface area contributed by atoms with Crippen LogP contribution in [-0.2, 0) is 10.9 Å². The molecule has 1 aromatic heterocycles. The van der Waals surface area contributed by atoms with E-state index in [2.05, 4.69) is 4.98 Å². The molecule has 0 radical (unpaired) electrons. The summed E-state index contributed by atoms with van der Waals surface area (Å²) in [5.41, 5.74) is 2.68. The fourth-order valence-corrected chi connectivity index (χ4v) is 1.93. The van der Waals surface area contributed by atoms with Crippen LogP contribution in [0.2, 0.25) is 0 Å². The van der Waals surface area contributed by atoms with Gasteiger partial charge in [0, 0.05) is 12.6 Å². The van der Waals surface area contributed by atoms with E-state index in [1.807, 2.05) is 0 Å². The van der Waals surface area contributed by atoms with Crippen molar-refractivity contribution in [1.29, 1.82) is 0 Å². The standard InChI is InChI=1S/C10H11F4N3O3/c11-5-1-7(20-6(5)3-18)17-2-4(10(12,13)14)8(15)16-9(17)19/h2,5-7,18H,1,3H2,(H2,15,16,19)/t5-,6+,7+/m1/s1. The molecule has 0 unspecified atom stereocenters. The van der Waals surface area contributed by atoms with Gasteiger partial charge in [-0.05, 0) is 0 Å². The Bertz CT molecular complexity index is 560. The van der Waals surface area contributed by atoms with Crippen molar-refractivity contribution in [1.82, 2.24) is 9.55 Å². The van der Waals surface area contributed by atoms with Crippen molar-refractivity contribution in [2.45, 2.75) is 31.1 Å². The summed E-state index contributed by atoms with van der Waals surface area (Å²) in [5.74, 6) is -0.952. The molecule has 1 aromatic rings. The van der Waals surface area contributed by atoms with Crippen molar-refractivity contribution in [2.75, 3.05) is 12.3 Å². The van der Waals surface area contributed by atoms with Crippen LogP contribution >= 0.6 is 0 Å². The van der Waals surface area contributed by atoms with Crippen molar-refractivity contribution < 1.29 is 27.4 Å². The van der Waals surface area contributed by atoms with E-state index in [9.17, 15) is 22.4 Å². The van der Waals surface area contributed by atoms with Crippen LogP contribution in [0.1, 0.15) is 18.2 Å². The minimum atomic E-state index is -4.80. The van der Waals surface area contributed by atoms with Gasteiger partial charge in [-0.15, -0.1) is 0 Å². The number of aliphatic hydroxyl groups excluding tert-OH is 1. The van der Waals surface area contributed by atoms with Gasteiger partial charge in [0.25, 0.3) is 0 Å². The van der Waals surface area contributed by atoms with Crippen molar-refractivity contribution in [3.05, 3.63) is 22.2 Å². The summed E-state index contributed by atoms with van der Waals surface area (Å²) < 4.78 is 56.9. The zero-order valence-corrected chi connectivity index (χ0v) is 9.97. The predicted octanol–water partition coefficient (Wildman–Crippen LogP) is 0.462. The van der Waals surface area contributed by atoms with Gasteiger partial charge in [-0.25, -0.2) is 9.18 Å². The monoisotopic (exact) mass is 297 g/mol. The highest BCUT2D eigenvalue weighted by Gasteiger charge is 2.39. The third-order valence-electron chi connectivity index (χ3n) is 2.94. The van der Waals surface area contributed by atoms with Gasteiger partial charge in [0.1, 0.15) is 29.9 Å². The van der Waals surface area contributed by atoms with Crippen molar-refractivity contribution in [2.24, 2.45) is 0 Å². The van der Waals surface area contributed by atoms with Gasteiger partial charge in [-0.1, -0.05) is 0 Å². The number of nitrogens with two attached hydrogens (primary N) is 1. The fraction of sp³-hybridized carbons (Fsp3) is 0.600. The smallest absolute Gasteiger partial charge is 0.394 e. The first-order valence-corrected chi connectivity index (χ1v) is 5.60. The molecule has 112 valence electrons. The number of rotatable bonds is 2. The Labute approximate surface area is 109 Å². The van der Waals surface area contributed by atoms with E-state index in [4.69, 9.17) is 15.6 Å². The number of hydrogen-bond donors (Lipinski definition) is 2. The lowest BCUT2D eigenvalue weighted by Crippen LogP contribution is -2.30. The molecule has 0 bridgehead atoms. The van der Waals surface area contributed by atoms with Crippen LogP contribution in [-0.4, -0.2) is 33.5 Å². The quantitative estimate of drug-likeness (QED) is 0.774. The van der Waals surface area contributed by atoms with E-state index in [1.165, 1.54) is 0 Å². The van der Waals surface area contributed by atoms with Gasteiger partial charge in [-0.2, -0.15) is 18.2 Å². The number of halogens is 4. The second kappa shape index (κ2) is 5.02. The molecule has 0 aromatic carbocycles. The normalized spacial score (nSPS) is 26.9. The zero-order chi connectivity index (χ0) is 15.1. The minimum absolute atomic E-state index is 0.353. The Kier molecular flexibility index (Phi) is 3.69. The topological polar surface area (TPSA) is 90.4 Å². The molecule has 0 saturated carbocycles. The number of aromatic nitrogens is 2. The van der Waals surface area contributed by atoms with E-state index in [0.29, 0.717) is 10.8 Å². The maximum absolute atomic E-state index is 13.4. The van der Waals surface area contributed by atoms with Gasteiger partial charge < -0.3 is 15.6 Å². The molecule has 2 rings (SSSR count). The van der Waals surface area contributed by atoms with E-state index in [1.54, 1.807) is 0 Å². The largest absolute Gasteiger partial charge is 0.421 e. The predicted molar refractivity (Wildman–Crippen MR) is 58.4 cm³/mol. The van der Waals surface area contributed by atoms with Gasteiger partial charge in [-0.3, -0.25) is 4.57 Å². The van der Waals surface area contributed by atoms with E-state index >= 15 is 0 Å². The molecule has 1 aliphatic heterocycles. The molecule has 3 N–H and O–H groups in total. The maximum Gasteiger partial charge on any atom is 0.421 e. The van der Waals surface area contributed by atoms with E-state index < -0.39 is 48.4 Å². The first-order valence-electron chi connectivity index (χ1n) is 5.60. The number of nitrogens with zero attached hydrogens (tertiary/aromatic N) is 2. The molecular weight excluding hydrogens is 286 g/mol. The molecule has 20 heavy (non-hydrogen) atoms.